The van der Waals surface area contributed by atoms with E-state index < -0.39 is 0 Å². The average molecular weight is 175 g/mol. The van der Waals surface area contributed by atoms with Crippen LogP contribution in [-0.4, -0.2) is 12.4 Å². The van der Waals surface area contributed by atoms with E-state index in [1.165, 1.54) is 5.56 Å². The van der Waals surface area contributed by atoms with Crippen molar-refractivity contribution in [2.45, 2.75) is 12.8 Å². The van der Waals surface area contributed by atoms with Gasteiger partial charge in [0.2, 0.25) is 0 Å². The number of benzene rings is 1. The molecule has 1 aromatic carbocycles. The first-order valence-electron chi connectivity index (χ1n) is 4.43. The lowest BCUT2D eigenvalue weighted by molar-refractivity contribution is 0.750. The van der Waals surface area contributed by atoms with Gasteiger partial charge in [0.25, 0.3) is 0 Å². The van der Waals surface area contributed by atoms with E-state index in [2.05, 4.69) is 29.5 Å². The summed E-state index contributed by atoms with van der Waals surface area (Å²) in [6.45, 7) is 2.99. The first-order valence-corrected chi connectivity index (χ1v) is 4.43. The Morgan fingerprint density at radius 1 is 1.46 bits per heavy atom. The van der Waals surface area contributed by atoms with Crippen molar-refractivity contribution in [1.29, 1.82) is 0 Å². The standard InChI is InChI=1S/C10H13N3/c1-7-6-12-10(13-11)9-5-3-2-4-8(7)9/h2-5,7H,6,11H2,1H3,(H,12,13). The van der Waals surface area contributed by atoms with Gasteiger partial charge < -0.3 is 5.43 Å². The number of nitrogens with one attached hydrogen (secondary N) is 1. The van der Waals surface area contributed by atoms with Crippen LogP contribution in [0.15, 0.2) is 29.3 Å². The molecule has 1 aromatic rings. The molecule has 1 atom stereocenters. The van der Waals surface area contributed by atoms with Crippen LogP contribution in [0, 0.1) is 0 Å². The number of nitrogens with zero attached hydrogens (tertiary/aromatic N) is 1. The summed E-state index contributed by atoms with van der Waals surface area (Å²) in [4.78, 5) is 4.35. The van der Waals surface area contributed by atoms with E-state index in [0.29, 0.717) is 5.92 Å². The van der Waals surface area contributed by atoms with Gasteiger partial charge in [0.15, 0.2) is 0 Å². The third kappa shape index (κ3) is 1.31. The van der Waals surface area contributed by atoms with Crippen molar-refractivity contribution in [3.8, 4) is 0 Å². The van der Waals surface area contributed by atoms with Crippen LogP contribution < -0.4 is 11.3 Å². The molecule has 3 heteroatoms. The van der Waals surface area contributed by atoms with Crippen LogP contribution in [0.4, 0.5) is 0 Å². The molecule has 0 fully saturated rings. The molecule has 3 nitrogen and oxygen atoms in total. The number of hydrogen-bond donors (Lipinski definition) is 2. The molecule has 0 saturated heterocycles. The summed E-state index contributed by atoms with van der Waals surface area (Å²) in [5, 5.41) is 0. The second-order valence-corrected chi connectivity index (χ2v) is 3.32. The van der Waals surface area contributed by atoms with Gasteiger partial charge in [-0.05, 0) is 5.56 Å². The summed E-state index contributed by atoms with van der Waals surface area (Å²) < 4.78 is 0. The van der Waals surface area contributed by atoms with Gasteiger partial charge in [0.05, 0.1) is 0 Å². The maximum Gasteiger partial charge on any atom is 0.142 e. The maximum absolute atomic E-state index is 5.38. The highest BCUT2D eigenvalue weighted by atomic mass is 15.3. The van der Waals surface area contributed by atoms with E-state index in [4.69, 9.17) is 5.84 Å². The molecule has 1 aliphatic rings. The third-order valence-corrected chi connectivity index (χ3v) is 2.41. The van der Waals surface area contributed by atoms with Crippen molar-refractivity contribution >= 4 is 5.84 Å². The monoisotopic (exact) mass is 175 g/mol. The number of fused-ring (bicyclic) bond motifs is 1. The van der Waals surface area contributed by atoms with Crippen molar-refractivity contribution in [3.05, 3.63) is 35.4 Å². The molecule has 1 unspecified atom stereocenters. The fourth-order valence-electron chi connectivity index (χ4n) is 1.68. The largest absolute Gasteiger partial charge is 0.308 e. The molecule has 13 heavy (non-hydrogen) atoms. The molecule has 0 spiro atoms. The van der Waals surface area contributed by atoms with Gasteiger partial charge in [0, 0.05) is 18.0 Å². The van der Waals surface area contributed by atoms with Crippen LogP contribution in [0.2, 0.25) is 0 Å². The Labute approximate surface area is 77.6 Å². The molecule has 1 aliphatic heterocycles. The number of amidine groups is 1. The van der Waals surface area contributed by atoms with Crippen LogP contribution in [0.3, 0.4) is 0 Å². The molecule has 0 aromatic heterocycles. The lowest BCUT2D eigenvalue weighted by Gasteiger charge is -2.21. The molecule has 1 heterocycles. The highest BCUT2D eigenvalue weighted by Crippen LogP contribution is 2.23. The summed E-state index contributed by atoms with van der Waals surface area (Å²) in [6, 6.07) is 8.23. The molecule has 0 bridgehead atoms. The van der Waals surface area contributed by atoms with E-state index in [1.807, 2.05) is 12.1 Å². The van der Waals surface area contributed by atoms with Crippen LogP contribution in [0.1, 0.15) is 24.0 Å². The first kappa shape index (κ1) is 8.26. The topological polar surface area (TPSA) is 50.4 Å². The van der Waals surface area contributed by atoms with Crippen LogP contribution in [0.5, 0.6) is 0 Å². The summed E-state index contributed by atoms with van der Waals surface area (Å²) in [5.74, 6) is 6.68. The molecular weight excluding hydrogens is 162 g/mol. The van der Waals surface area contributed by atoms with Crippen molar-refractivity contribution in [2.75, 3.05) is 6.54 Å². The lowest BCUT2D eigenvalue weighted by atomic mass is 9.93. The second-order valence-electron chi connectivity index (χ2n) is 3.32. The average Bonchev–Trinajstić information content (AvgIpc) is 2.19. The Balaban J connectivity index is 2.52. The summed E-state index contributed by atoms with van der Waals surface area (Å²) >= 11 is 0. The van der Waals surface area contributed by atoms with Crippen LogP contribution in [-0.2, 0) is 0 Å². The van der Waals surface area contributed by atoms with E-state index in [9.17, 15) is 0 Å². The predicted octanol–water partition coefficient (Wildman–Crippen LogP) is 1.01. The Hall–Kier alpha value is -1.35. The lowest BCUT2D eigenvalue weighted by Crippen LogP contribution is -2.34. The van der Waals surface area contributed by atoms with Gasteiger partial charge in [-0.1, -0.05) is 31.2 Å². The minimum atomic E-state index is 0.494. The van der Waals surface area contributed by atoms with Crippen LogP contribution in [0.25, 0.3) is 0 Å². The van der Waals surface area contributed by atoms with Gasteiger partial charge in [-0.25, -0.2) is 5.84 Å². The molecule has 0 saturated carbocycles. The number of rotatable bonds is 0. The zero-order valence-electron chi connectivity index (χ0n) is 7.62. The van der Waals surface area contributed by atoms with Crippen molar-refractivity contribution in [3.63, 3.8) is 0 Å². The Kier molecular flexibility index (Phi) is 2.02. The summed E-state index contributed by atoms with van der Waals surface area (Å²) in [5.41, 5.74) is 5.08. The summed E-state index contributed by atoms with van der Waals surface area (Å²) in [7, 11) is 0. The fraction of sp³-hybridized carbons (Fsp3) is 0.300. The Bertz CT molecular complexity index is 344. The van der Waals surface area contributed by atoms with Gasteiger partial charge in [0.1, 0.15) is 5.84 Å². The molecule has 3 N–H and O–H groups in total. The van der Waals surface area contributed by atoms with Crippen molar-refractivity contribution in [1.82, 2.24) is 5.43 Å². The molecule has 0 amide bonds. The molecule has 2 rings (SSSR count). The number of hydrogen-bond acceptors (Lipinski definition) is 3. The molecular formula is C10H13N3. The van der Waals surface area contributed by atoms with Gasteiger partial charge in [-0.3, -0.25) is 4.99 Å². The van der Waals surface area contributed by atoms with E-state index in [1.54, 1.807) is 0 Å². The van der Waals surface area contributed by atoms with Gasteiger partial charge in [-0.2, -0.15) is 0 Å². The number of hydrazine groups is 1. The van der Waals surface area contributed by atoms with Gasteiger partial charge >= 0.3 is 0 Å². The van der Waals surface area contributed by atoms with E-state index in [-0.39, 0.29) is 0 Å². The minimum absolute atomic E-state index is 0.494. The fourth-order valence-corrected chi connectivity index (χ4v) is 1.68. The molecule has 68 valence electrons. The maximum atomic E-state index is 5.38. The highest BCUT2D eigenvalue weighted by molar-refractivity contribution is 6.00. The van der Waals surface area contributed by atoms with Crippen molar-refractivity contribution < 1.29 is 0 Å². The van der Waals surface area contributed by atoms with E-state index >= 15 is 0 Å². The highest BCUT2D eigenvalue weighted by Gasteiger charge is 2.17. The van der Waals surface area contributed by atoms with Gasteiger partial charge in [-0.15, -0.1) is 0 Å². The smallest absolute Gasteiger partial charge is 0.142 e. The molecule has 0 radical (unpaired) electrons. The Morgan fingerprint density at radius 2 is 2.23 bits per heavy atom. The summed E-state index contributed by atoms with van der Waals surface area (Å²) in [6.07, 6.45) is 0. The first-order chi connectivity index (χ1) is 6.33. The molecule has 0 aliphatic carbocycles. The number of aliphatic imine (C=N–C) groups is 1. The third-order valence-electron chi connectivity index (χ3n) is 2.41. The Morgan fingerprint density at radius 3 is 3.00 bits per heavy atom. The minimum Gasteiger partial charge on any atom is -0.308 e. The predicted molar refractivity (Wildman–Crippen MR) is 53.6 cm³/mol. The SMILES string of the molecule is CC1CN=C(NN)c2ccccc21. The zero-order chi connectivity index (χ0) is 9.26. The quantitative estimate of drug-likeness (QED) is 0.457. The zero-order valence-corrected chi connectivity index (χ0v) is 7.62. The second kappa shape index (κ2) is 3.18. The van der Waals surface area contributed by atoms with E-state index in [0.717, 1.165) is 17.9 Å². The normalized spacial score (nSPS) is 20.5. The van der Waals surface area contributed by atoms with Crippen LogP contribution >= 0.6 is 0 Å². The van der Waals surface area contributed by atoms with Crippen molar-refractivity contribution in [2.24, 2.45) is 10.8 Å². The number of nitrogens with two attached hydrogens (primary N) is 1.